The molecule has 0 aromatic heterocycles. The third kappa shape index (κ3) is 3.94. The number of rotatable bonds is 7. The van der Waals surface area contributed by atoms with E-state index in [0.29, 0.717) is 25.4 Å². The maximum atomic E-state index is 12.4. The molecule has 0 saturated carbocycles. The quantitative estimate of drug-likeness (QED) is 0.768. The number of nitrogens with one attached hydrogen (secondary N) is 1. The molecule has 1 amide bonds. The normalized spacial score (nSPS) is 20.2. The standard InChI is InChI=1S/C15H27N3O/c1-4-8-15(12-16,9-5-2)14(19)17-11-13-7-6-10-18(13)3/h13H,4-11H2,1-3H3,(H,17,19). The number of carbonyl (C=O) groups is 1. The van der Waals surface area contributed by atoms with Crippen molar-refractivity contribution in [3.63, 3.8) is 0 Å². The number of nitrogens with zero attached hydrogens (tertiary/aromatic N) is 2. The molecule has 1 rings (SSSR count). The number of hydrogen-bond donors (Lipinski definition) is 1. The molecule has 0 spiro atoms. The van der Waals surface area contributed by atoms with Gasteiger partial charge in [-0.3, -0.25) is 4.79 Å². The van der Waals surface area contributed by atoms with Crippen molar-refractivity contribution in [2.75, 3.05) is 20.1 Å². The van der Waals surface area contributed by atoms with Crippen LogP contribution >= 0.6 is 0 Å². The Labute approximate surface area is 117 Å². The van der Waals surface area contributed by atoms with Crippen molar-refractivity contribution in [3.8, 4) is 6.07 Å². The lowest BCUT2D eigenvalue weighted by atomic mass is 9.79. The first-order valence-electron chi connectivity index (χ1n) is 7.49. The van der Waals surface area contributed by atoms with Crippen molar-refractivity contribution in [1.82, 2.24) is 10.2 Å². The van der Waals surface area contributed by atoms with E-state index in [1.807, 2.05) is 13.8 Å². The van der Waals surface area contributed by atoms with Crippen LogP contribution in [-0.4, -0.2) is 37.0 Å². The highest BCUT2D eigenvalue weighted by atomic mass is 16.2. The van der Waals surface area contributed by atoms with E-state index in [0.717, 1.165) is 25.8 Å². The summed E-state index contributed by atoms with van der Waals surface area (Å²) < 4.78 is 0. The zero-order valence-electron chi connectivity index (χ0n) is 12.5. The predicted molar refractivity (Wildman–Crippen MR) is 76.5 cm³/mol. The van der Waals surface area contributed by atoms with Gasteiger partial charge in [-0.05, 0) is 39.3 Å². The molecule has 0 bridgehead atoms. The van der Waals surface area contributed by atoms with Gasteiger partial charge in [-0.25, -0.2) is 0 Å². The fourth-order valence-corrected chi connectivity index (χ4v) is 2.99. The second-order valence-electron chi connectivity index (χ2n) is 5.68. The van der Waals surface area contributed by atoms with Crippen molar-refractivity contribution < 1.29 is 4.79 Å². The summed E-state index contributed by atoms with van der Waals surface area (Å²) in [6.45, 7) is 5.83. The molecule has 1 aliphatic heterocycles. The average molecular weight is 265 g/mol. The predicted octanol–water partition coefficient (Wildman–Crippen LogP) is 2.31. The summed E-state index contributed by atoms with van der Waals surface area (Å²) in [6, 6.07) is 2.71. The highest BCUT2D eigenvalue weighted by Gasteiger charge is 2.37. The molecule has 1 atom stereocenters. The van der Waals surface area contributed by atoms with Gasteiger partial charge >= 0.3 is 0 Å². The molecule has 1 N–H and O–H groups in total. The maximum absolute atomic E-state index is 12.4. The number of likely N-dealkylation sites (N-methyl/N-ethyl adjacent to an activating group) is 1. The molecule has 1 heterocycles. The first-order chi connectivity index (χ1) is 9.09. The van der Waals surface area contributed by atoms with Crippen LogP contribution in [0.2, 0.25) is 0 Å². The van der Waals surface area contributed by atoms with Gasteiger partial charge in [0.2, 0.25) is 5.91 Å². The second-order valence-corrected chi connectivity index (χ2v) is 5.68. The SMILES string of the molecule is CCCC(C#N)(CCC)C(=O)NCC1CCCN1C. The van der Waals surface area contributed by atoms with Crippen LogP contribution in [0.4, 0.5) is 0 Å². The molecule has 108 valence electrons. The maximum Gasteiger partial charge on any atom is 0.240 e. The zero-order chi connectivity index (χ0) is 14.3. The Bertz CT molecular complexity index is 329. The molecule has 0 aromatic rings. The fraction of sp³-hybridized carbons (Fsp3) is 0.867. The van der Waals surface area contributed by atoms with Crippen molar-refractivity contribution in [2.24, 2.45) is 5.41 Å². The van der Waals surface area contributed by atoms with E-state index in [4.69, 9.17) is 0 Å². The van der Waals surface area contributed by atoms with Crippen LogP contribution < -0.4 is 5.32 Å². The minimum atomic E-state index is -0.819. The van der Waals surface area contributed by atoms with Gasteiger partial charge in [0.1, 0.15) is 5.41 Å². The van der Waals surface area contributed by atoms with Crippen LogP contribution in [0.1, 0.15) is 52.4 Å². The molecule has 1 unspecified atom stereocenters. The lowest BCUT2D eigenvalue weighted by Crippen LogP contribution is -2.45. The Kier molecular flexibility index (Phi) is 6.30. The number of amides is 1. The lowest BCUT2D eigenvalue weighted by molar-refractivity contribution is -0.129. The monoisotopic (exact) mass is 265 g/mol. The number of carbonyl (C=O) groups excluding carboxylic acids is 1. The van der Waals surface area contributed by atoms with Gasteiger partial charge in [-0.1, -0.05) is 26.7 Å². The topological polar surface area (TPSA) is 56.1 Å². The summed E-state index contributed by atoms with van der Waals surface area (Å²) in [5.41, 5.74) is -0.819. The van der Waals surface area contributed by atoms with Crippen molar-refractivity contribution in [3.05, 3.63) is 0 Å². The van der Waals surface area contributed by atoms with Crippen molar-refractivity contribution >= 4 is 5.91 Å². The van der Waals surface area contributed by atoms with E-state index < -0.39 is 5.41 Å². The Balaban J connectivity index is 2.59. The third-order valence-corrected chi connectivity index (χ3v) is 4.17. The summed E-state index contributed by atoms with van der Waals surface area (Å²) in [5, 5.41) is 12.4. The molecule has 19 heavy (non-hydrogen) atoms. The Hall–Kier alpha value is -1.08. The number of likely N-dealkylation sites (tertiary alicyclic amines) is 1. The fourth-order valence-electron chi connectivity index (χ4n) is 2.99. The molecular weight excluding hydrogens is 238 g/mol. The average Bonchev–Trinajstić information content (AvgIpc) is 2.81. The minimum absolute atomic E-state index is 0.0704. The van der Waals surface area contributed by atoms with Crippen LogP contribution in [0, 0.1) is 16.7 Å². The Morgan fingerprint density at radius 2 is 2.05 bits per heavy atom. The molecule has 1 saturated heterocycles. The second kappa shape index (κ2) is 7.49. The Morgan fingerprint density at radius 1 is 1.42 bits per heavy atom. The molecular formula is C15H27N3O. The van der Waals surface area contributed by atoms with Crippen LogP contribution in [0.15, 0.2) is 0 Å². The van der Waals surface area contributed by atoms with Gasteiger partial charge in [0.05, 0.1) is 6.07 Å². The zero-order valence-corrected chi connectivity index (χ0v) is 12.5. The van der Waals surface area contributed by atoms with E-state index in [2.05, 4.69) is 23.3 Å². The summed E-state index contributed by atoms with van der Waals surface area (Å²) in [4.78, 5) is 14.7. The number of hydrogen-bond acceptors (Lipinski definition) is 3. The van der Waals surface area contributed by atoms with Crippen LogP contribution in [0.5, 0.6) is 0 Å². The highest BCUT2D eigenvalue weighted by Crippen LogP contribution is 2.29. The van der Waals surface area contributed by atoms with Gasteiger partial charge in [0.25, 0.3) is 0 Å². The van der Waals surface area contributed by atoms with E-state index in [9.17, 15) is 10.1 Å². The summed E-state index contributed by atoms with van der Waals surface area (Å²) in [5.74, 6) is -0.0704. The Morgan fingerprint density at radius 3 is 2.47 bits per heavy atom. The van der Waals surface area contributed by atoms with E-state index in [-0.39, 0.29) is 5.91 Å². The van der Waals surface area contributed by atoms with Gasteiger partial charge in [0, 0.05) is 12.6 Å². The molecule has 0 aromatic carbocycles. The third-order valence-electron chi connectivity index (χ3n) is 4.17. The van der Waals surface area contributed by atoms with Crippen molar-refractivity contribution in [1.29, 1.82) is 5.26 Å². The molecule has 0 aliphatic carbocycles. The summed E-state index contributed by atoms with van der Waals surface area (Å²) in [7, 11) is 2.10. The highest BCUT2D eigenvalue weighted by molar-refractivity contribution is 5.85. The molecule has 1 fully saturated rings. The van der Waals surface area contributed by atoms with Gasteiger partial charge < -0.3 is 10.2 Å². The first-order valence-corrected chi connectivity index (χ1v) is 7.49. The largest absolute Gasteiger partial charge is 0.353 e. The van der Waals surface area contributed by atoms with Gasteiger partial charge in [-0.2, -0.15) is 5.26 Å². The minimum Gasteiger partial charge on any atom is -0.353 e. The van der Waals surface area contributed by atoms with Crippen molar-refractivity contribution in [2.45, 2.75) is 58.4 Å². The number of nitriles is 1. The summed E-state index contributed by atoms with van der Waals surface area (Å²) in [6.07, 6.45) is 5.38. The lowest BCUT2D eigenvalue weighted by Gasteiger charge is -2.27. The smallest absolute Gasteiger partial charge is 0.240 e. The molecule has 4 nitrogen and oxygen atoms in total. The molecule has 4 heteroatoms. The van der Waals surface area contributed by atoms with E-state index >= 15 is 0 Å². The first kappa shape index (κ1) is 16.0. The van der Waals surface area contributed by atoms with Crippen LogP contribution in [0.3, 0.4) is 0 Å². The molecule has 0 radical (unpaired) electrons. The van der Waals surface area contributed by atoms with Crippen LogP contribution in [0.25, 0.3) is 0 Å². The van der Waals surface area contributed by atoms with E-state index in [1.165, 1.54) is 6.42 Å². The van der Waals surface area contributed by atoms with Gasteiger partial charge in [0.15, 0.2) is 0 Å². The van der Waals surface area contributed by atoms with E-state index in [1.54, 1.807) is 0 Å². The summed E-state index contributed by atoms with van der Waals surface area (Å²) >= 11 is 0. The molecule has 1 aliphatic rings. The van der Waals surface area contributed by atoms with Gasteiger partial charge in [-0.15, -0.1) is 0 Å². The van der Waals surface area contributed by atoms with Crippen LogP contribution in [-0.2, 0) is 4.79 Å².